The van der Waals surface area contributed by atoms with E-state index in [9.17, 15) is 8.42 Å². The lowest BCUT2D eigenvalue weighted by Gasteiger charge is -2.26. The fraction of sp³-hybridized carbons (Fsp3) is 0.455. The van der Waals surface area contributed by atoms with Crippen LogP contribution < -0.4 is 5.32 Å². The zero-order valence-corrected chi connectivity index (χ0v) is 11.6. The molecule has 1 heterocycles. The second-order valence-corrected chi connectivity index (χ2v) is 7.05. The molecule has 17 heavy (non-hydrogen) atoms. The number of hydrogen-bond donors (Lipinski definition) is 2. The Balaban J connectivity index is 2.31. The van der Waals surface area contributed by atoms with Gasteiger partial charge in [-0.3, -0.25) is 0 Å². The average molecular weight is 320 g/mol. The highest BCUT2D eigenvalue weighted by atomic mass is 79.9. The molecule has 0 aromatic heterocycles. The number of rotatable bonds is 3. The van der Waals surface area contributed by atoms with E-state index in [2.05, 4.69) is 21.2 Å². The van der Waals surface area contributed by atoms with Crippen LogP contribution in [0.2, 0.25) is 0 Å². The summed E-state index contributed by atoms with van der Waals surface area (Å²) in [4.78, 5) is 0.354. The topological polar surface area (TPSA) is 66.4 Å². The molecule has 0 aliphatic carbocycles. The number of aliphatic hydroxyl groups is 1. The van der Waals surface area contributed by atoms with E-state index in [1.165, 1.54) is 0 Å². The minimum Gasteiger partial charge on any atom is -0.396 e. The van der Waals surface area contributed by atoms with E-state index < -0.39 is 9.84 Å². The van der Waals surface area contributed by atoms with Crippen molar-refractivity contribution >= 4 is 31.5 Å². The van der Waals surface area contributed by atoms with Gasteiger partial charge in [-0.1, -0.05) is 15.9 Å². The molecule has 0 fully saturated rings. The fourth-order valence-corrected chi connectivity index (χ4v) is 4.22. The van der Waals surface area contributed by atoms with Crippen LogP contribution >= 0.6 is 15.9 Å². The van der Waals surface area contributed by atoms with Crippen molar-refractivity contribution in [1.29, 1.82) is 0 Å². The average Bonchev–Trinajstić information content (AvgIpc) is 2.27. The predicted molar refractivity (Wildman–Crippen MR) is 69.9 cm³/mol. The largest absolute Gasteiger partial charge is 0.396 e. The van der Waals surface area contributed by atoms with E-state index >= 15 is 0 Å². The Bertz CT molecular complexity index is 515. The second kappa shape index (κ2) is 4.96. The summed E-state index contributed by atoms with van der Waals surface area (Å²) in [6, 6.07) is 5.10. The minimum absolute atomic E-state index is 0.0887. The zero-order valence-electron chi connectivity index (χ0n) is 9.19. The van der Waals surface area contributed by atoms with Gasteiger partial charge in [0, 0.05) is 17.1 Å². The number of nitrogens with one attached hydrogen (secondary N) is 1. The molecule has 2 N–H and O–H groups in total. The van der Waals surface area contributed by atoms with E-state index in [0.717, 1.165) is 4.47 Å². The van der Waals surface area contributed by atoms with Crippen molar-refractivity contribution in [2.45, 2.75) is 23.8 Å². The van der Waals surface area contributed by atoms with Crippen LogP contribution in [0.4, 0.5) is 5.69 Å². The second-order valence-electron chi connectivity index (χ2n) is 4.13. The van der Waals surface area contributed by atoms with Crippen LogP contribution in [-0.2, 0) is 9.84 Å². The van der Waals surface area contributed by atoms with E-state index in [1.54, 1.807) is 12.1 Å². The molecule has 4 nitrogen and oxygen atoms in total. The number of fused-ring (bicyclic) bond motifs is 1. The van der Waals surface area contributed by atoms with E-state index in [1.807, 2.05) is 6.07 Å². The molecule has 94 valence electrons. The molecular formula is C11H14BrNO3S. The number of benzene rings is 1. The van der Waals surface area contributed by atoms with Gasteiger partial charge >= 0.3 is 0 Å². The minimum atomic E-state index is -3.22. The molecule has 0 spiro atoms. The summed E-state index contributed by atoms with van der Waals surface area (Å²) in [6.45, 7) is 0.0887. The molecular weight excluding hydrogens is 306 g/mol. The maximum atomic E-state index is 12.1. The first-order valence-corrected chi connectivity index (χ1v) is 7.87. The molecule has 6 heteroatoms. The van der Waals surface area contributed by atoms with Crippen molar-refractivity contribution < 1.29 is 13.5 Å². The molecule has 1 unspecified atom stereocenters. The summed E-state index contributed by atoms with van der Waals surface area (Å²) in [5.41, 5.74) is 0.655. The third-order valence-corrected chi connectivity index (χ3v) is 5.11. The number of halogens is 1. The normalized spacial score (nSPS) is 21.6. The van der Waals surface area contributed by atoms with Crippen LogP contribution in [-0.4, -0.2) is 31.9 Å². The molecule has 1 atom stereocenters. The Labute approximate surface area is 109 Å². The molecule has 1 aliphatic rings. The SMILES string of the molecule is O=S1(=O)CC(CCCO)Nc2ccc(Br)cc21. The molecule has 1 aliphatic heterocycles. The number of anilines is 1. The lowest BCUT2D eigenvalue weighted by molar-refractivity contribution is 0.282. The first-order chi connectivity index (χ1) is 8.03. The Morgan fingerprint density at radius 2 is 2.24 bits per heavy atom. The highest BCUT2D eigenvalue weighted by Gasteiger charge is 2.29. The Morgan fingerprint density at radius 3 is 2.94 bits per heavy atom. The monoisotopic (exact) mass is 319 g/mol. The summed E-state index contributed by atoms with van der Waals surface area (Å²) in [7, 11) is -3.22. The molecule has 1 aromatic carbocycles. The Morgan fingerprint density at radius 1 is 1.47 bits per heavy atom. The molecule has 0 saturated heterocycles. The van der Waals surface area contributed by atoms with Crippen molar-refractivity contribution in [1.82, 2.24) is 0 Å². The van der Waals surface area contributed by atoms with E-state index in [4.69, 9.17) is 5.11 Å². The smallest absolute Gasteiger partial charge is 0.182 e. The molecule has 1 aromatic rings. The van der Waals surface area contributed by atoms with Gasteiger partial charge in [0.15, 0.2) is 9.84 Å². The van der Waals surface area contributed by atoms with Crippen molar-refractivity contribution in [3.63, 3.8) is 0 Å². The van der Waals surface area contributed by atoms with Crippen molar-refractivity contribution in [3.05, 3.63) is 22.7 Å². The number of sulfone groups is 1. The van der Waals surface area contributed by atoms with Gasteiger partial charge in [-0.05, 0) is 31.0 Å². The van der Waals surface area contributed by atoms with Crippen molar-refractivity contribution in [3.8, 4) is 0 Å². The van der Waals surface area contributed by atoms with Gasteiger partial charge in [-0.2, -0.15) is 0 Å². The van der Waals surface area contributed by atoms with Gasteiger partial charge in [-0.25, -0.2) is 8.42 Å². The summed E-state index contributed by atoms with van der Waals surface area (Å²) in [6.07, 6.45) is 1.27. The van der Waals surface area contributed by atoms with Crippen LogP contribution in [0, 0.1) is 0 Å². The molecule has 0 bridgehead atoms. The van der Waals surface area contributed by atoms with Crippen LogP contribution in [0.15, 0.2) is 27.6 Å². The zero-order chi connectivity index (χ0) is 12.5. The molecule has 0 amide bonds. The number of aliphatic hydroxyl groups excluding tert-OH is 1. The molecule has 0 radical (unpaired) electrons. The van der Waals surface area contributed by atoms with E-state index in [-0.39, 0.29) is 18.4 Å². The lowest BCUT2D eigenvalue weighted by Crippen LogP contribution is -2.34. The van der Waals surface area contributed by atoms with Gasteiger partial charge in [0.25, 0.3) is 0 Å². The first-order valence-electron chi connectivity index (χ1n) is 5.42. The summed E-state index contributed by atoms with van der Waals surface area (Å²) >= 11 is 3.27. The highest BCUT2D eigenvalue weighted by Crippen LogP contribution is 2.31. The van der Waals surface area contributed by atoms with Crippen molar-refractivity contribution in [2.75, 3.05) is 17.7 Å². The maximum Gasteiger partial charge on any atom is 0.182 e. The molecule has 2 rings (SSSR count). The van der Waals surface area contributed by atoms with Crippen LogP contribution in [0.25, 0.3) is 0 Å². The highest BCUT2D eigenvalue weighted by molar-refractivity contribution is 9.10. The maximum absolute atomic E-state index is 12.1. The van der Waals surface area contributed by atoms with Gasteiger partial charge in [0.2, 0.25) is 0 Å². The third kappa shape index (κ3) is 2.81. The first kappa shape index (κ1) is 12.9. The number of hydrogen-bond acceptors (Lipinski definition) is 4. The summed E-state index contributed by atoms with van der Waals surface area (Å²) < 4.78 is 24.9. The van der Waals surface area contributed by atoms with Gasteiger partial charge in [-0.15, -0.1) is 0 Å². The predicted octanol–water partition coefficient (Wildman–Crippen LogP) is 1.79. The van der Waals surface area contributed by atoms with Gasteiger partial charge in [0.05, 0.1) is 16.3 Å². The van der Waals surface area contributed by atoms with Crippen LogP contribution in [0.3, 0.4) is 0 Å². The van der Waals surface area contributed by atoms with E-state index in [0.29, 0.717) is 23.4 Å². The third-order valence-electron chi connectivity index (χ3n) is 2.77. The standard InChI is InChI=1S/C11H14BrNO3S/c12-8-3-4-10-11(6-8)17(15,16)7-9(13-10)2-1-5-14/h3-4,6,9,13-14H,1-2,5,7H2. The Kier molecular flexibility index (Phi) is 3.75. The summed E-state index contributed by atoms with van der Waals surface area (Å²) in [5, 5.41) is 12.0. The summed E-state index contributed by atoms with van der Waals surface area (Å²) in [5.74, 6) is 0.0937. The van der Waals surface area contributed by atoms with Crippen molar-refractivity contribution in [2.24, 2.45) is 0 Å². The lowest BCUT2D eigenvalue weighted by atomic mass is 10.1. The quantitative estimate of drug-likeness (QED) is 0.891. The Hall–Kier alpha value is -0.590. The van der Waals surface area contributed by atoms with Gasteiger partial charge < -0.3 is 10.4 Å². The van der Waals surface area contributed by atoms with Crippen LogP contribution in [0.1, 0.15) is 12.8 Å². The van der Waals surface area contributed by atoms with Gasteiger partial charge in [0.1, 0.15) is 0 Å². The fourth-order valence-electron chi connectivity index (χ4n) is 1.98. The van der Waals surface area contributed by atoms with Crippen LogP contribution in [0.5, 0.6) is 0 Å². The molecule has 0 saturated carbocycles.